The number of halogens is 1. The number of rotatable bonds is 5. The van der Waals surface area contributed by atoms with Gasteiger partial charge in [-0.25, -0.2) is 4.98 Å². The lowest BCUT2D eigenvalue weighted by molar-refractivity contribution is -0.583. The van der Waals surface area contributed by atoms with Crippen molar-refractivity contribution < 1.29 is 5.32 Å². The summed E-state index contributed by atoms with van der Waals surface area (Å²) in [5, 5.41) is 11.0. The van der Waals surface area contributed by atoms with Crippen LogP contribution in [-0.2, 0) is 0 Å². The second-order valence-electron chi connectivity index (χ2n) is 5.24. The van der Waals surface area contributed by atoms with E-state index in [9.17, 15) is 0 Å². The Morgan fingerprint density at radius 2 is 2.08 bits per heavy atom. The molecule has 0 saturated carbocycles. The predicted molar refractivity (Wildman–Crippen MR) is 96.1 cm³/mol. The molecule has 6 heteroatoms. The Balaban J connectivity index is 2.07. The van der Waals surface area contributed by atoms with Gasteiger partial charge in [0.15, 0.2) is 0 Å². The summed E-state index contributed by atoms with van der Waals surface area (Å²) in [5.41, 5.74) is 4.25. The minimum absolute atomic E-state index is 0.399. The van der Waals surface area contributed by atoms with Crippen LogP contribution in [0.15, 0.2) is 55.1 Å². The van der Waals surface area contributed by atoms with Crippen LogP contribution in [0.2, 0.25) is 5.15 Å². The highest BCUT2D eigenvalue weighted by atomic mass is 35.5. The van der Waals surface area contributed by atoms with Gasteiger partial charge in [-0.3, -0.25) is 15.4 Å². The molecule has 0 fully saturated rings. The summed E-state index contributed by atoms with van der Waals surface area (Å²) < 4.78 is 0. The fourth-order valence-corrected chi connectivity index (χ4v) is 2.51. The lowest BCUT2D eigenvalue weighted by Gasteiger charge is -2.09. The van der Waals surface area contributed by atoms with Gasteiger partial charge >= 0.3 is 0 Å². The maximum atomic E-state index is 8.55. The average molecular weight is 339 g/mol. The van der Waals surface area contributed by atoms with E-state index in [-0.39, 0.29) is 0 Å². The summed E-state index contributed by atoms with van der Waals surface area (Å²) in [6.45, 7) is 2.94. The smallest absolute Gasteiger partial charge is 0.129 e. The molecule has 0 bridgehead atoms. The van der Waals surface area contributed by atoms with Crippen molar-refractivity contribution in [2.24, 2.45) is 0 Å². The molecule has 3 rings (SSSR count). The predicted octanol–water partition coefficient (Wildman–Crippen LogP) is 2.67. The highest BCUT2D eigenvalue weighted by Gasteiger charge is 2.14. The van der Waals surface area contributed by atoms with Gasteiger partial charge in [-0.05, 0) is 37.3 Å². The van der Waals surface area contributed by atoms with Crippen LogP contribution >= 0.6 is 11.6 Å². The molecule has 0 saturated heterocycles. The molecule has 0 amide bonds. The van der Waals surface area contributed by atoms with Crippen LogP contribution in [0.5, 0.6) is 0 Å². The first-order valence-corrected chi connectivity index (χ1v) is 8.02. The molecule has 24 heavy (non-hydrogen) atoms. The summed E-state index contributed by atoms with van der Waals surface area (Å²) >= 11 is 5.98. The molecule has 0 unspecified atom stereocenters. The minimum Gasteiger partial charge on any atom is -0.320 e. The van der Waals surface area contributed by atoms with E-state index in [1.807, 2.05) is 35.8 Å². The van der Waals surface area contributed by atoms with E-state index < -0.39 is 0 Å². The molecular weight excluding hydrogens is 322 g/mol. The van der Waals surface area contributed by atoms with E-state index in [1.54, 1.807) is 24.7 Å². The Bertz CT molecular complexity index is 906. The van der Waals surface area contributed by atoms with Crippen LogP contribution in [0.1, 0.15) is 18.1 Å². The van der Waals surface area contributed by atoms with Gasteiger partial charge in [-0.15, -0.1) is 0 Å². The number of hydrogen-bond donors (Lipinski definition) is 2. The topological polar surface area (TPSA) is 79.1 Å². The second kappa shape index (κ2) is 7.29. The fraction of sp³-hybridized carbons (Fsp3) is 0.111. The fourth-order valence-electron chi connectivity index (χ4n) is 2.35. The number of quaternary nitrogens is 1. The van der Waals surface area contributed by atoms with Gasteiger partial charge in [0.05, 0.1) is 28.9 Å². The lowest BCUT2D eigenvalue weighted by Crippen LogP contribution is -2.77. The molecule has 3 heterocycles. The van der Waals surface area contributed by atoms with Crippen molar-refractivity contribution in [3.05, 3.63) is 71.4 Å². The van der Waals surface area contributed by atoms with Crippen molar-refractivity contribution in [2.75, 3.05) is 6.54 Å². The first kappa shape index (κ1) is 16.2. The first-order valence-electron chi connectivity index (χ1n) is 7.64. The molecule has 0 atom stereocenters. The zero-order chi connectivity index (χ0) is 16.9. The quantitative estimate of drug-likeness (QED) is 0.554. The standard InChI is InChI=1S/C18H16ClN5/c1-2-21-11-14(18(20)12-4-3-7-22-9-12)13-8-16-15(23-10-13)5-6-17(19)24-16/h3-11,20-21H,2H2,1H3/p+1/b14-11-,20-18?. The molecule has 0 radical (unpaired) electrons. The van der Waals surface area contributed by atoms with Crippen LogP contribution in [0.3, 0.4) is 0 Å². The zero-order valence-corrected chi connectivity index (χ0v) is 14.0. The summed E-state index contributed by atoms with van der Waals surface area (Å²) in [6, 6.07) is 9.16. The van der Waals surface area contributed by atoms with Crippen LogP contribution in [0.4, 0.5) is 0 Å². The molecule has 0 aliphatic heterocycles. The number of allylic oxidation sites excluding steroid dienone is 1. The molecule has 5 nitrogen and oxygen atoms in total. The van der Waals surface area contributed by atoms with Crippen LogP contribution in [0, 0.1) is 5.41 Å². The maximum Gasteiger partial charge on any atom is 0.129 e. The molecule has 3 N–H and O–H groups in total. The maximum absolute atomic E-state index is 8.55. The molecule has 3 aromatic rings. The monoisotopic (exact) mass is 338 g/mol. The van der Waals surface area contributed by atoms with E-state index in [4.69, 9.17) is 17.0 Å². The number of hydrogen-bond acceptors (Lipinski definition) is 4. The van der Waals surface area contributed by atoms with Gasteiger partial charge in [0.2, 0.25) is 0 Å². The second-order valence-corrected chi connectivity index (χ2v) is 5.62. The Hall–Kier alpha value is -2.63. The van der Waals surface area contributed by atoms with Gasteiger partial charge in [0, 0.05) is 29.7 Å². The number of aromatic nitrogens is 3. The molecule has 3 aromatic heterocycles. The van der Waals surface area contributed by atoms with Crippen molar-refractivity contribution in [1.29, 1.82) is 5.41 Å². The zero-order valence-electron chi connectivity index (χ0n) is 13.2. The minimum atomic E-state index is 0.399. The Morgan fingerprint density at radius 3 is 2.83 bits per heavy atom. The molecule has 0 spiro atoms. The number of pyridine rings is 3. The van der Waals surface area contributed by atoms with Crippen molar-refractivity contribution in [3.8, 4) is 0 Å². The van der Waals surface area contributed by atoms with Gasteiger partial charge in [-0.1, -0.05) is 11.6 Å². The van der Waals surface area contributed by atoms with Crippen molar-refractivity contribution in [1.82, 2.24) is 15.0 Å². The highest BCUT2D eigenvalue weighted by molar-refractivity contribution is 6.30. The van der Waals surface area contributed by atoms with Crippen LogP contribution < -0.4 is 5.32 Å². The van der Waals surface area contributed by atoms with E-state index in [0.29, 0.717) is 16.4 Å². The Labute approximate surface area is 145 Å². The number of fused-ring (bicyclic) bond motifs is 1. The third-order valence-corrected chi connectivity index (χ3v) is 3.76. The Kier molecular flexibility index (Phi) is 4.93. The first-order chi connectivity index (χ1) is 11.7. The van der Waals surface area contributed by atoms with E-state index >= 15 is 0 Å². The van der Waals surface area contributed by atoms with Gasteiger partial charge < -0.3 is 5.32 Å². The highest BCUT2D eigenvalue weighted by Crippen LogP contribution is 2.22. The molecule has 0 aromatic carbocycles. The summed E-state index contributed by atoms with van der Waals surface area (Å²) in [7, 11) is 0. The van der Waals surface area contributed by atoms with Crippen LogP contribution in [-0.4, -0.2) is 27.2 Å². The molecule has 0 aliphatic carbocycles. The normalized spacial score (nSPS) is 11.7. The SMILES string of the molecule is CC[NH2+]/C=C(\C(=N)c1cccnc1)c1cnc2ccc(Cl)nc2c1. The third kappa shape index (κ3) is 3.48. The third-order valence-electron chi connectivity index (χ3n) is 3.55. The van der Waals surface area contributed by atoms with Gasteiger partial charge in [0.1, 0.15) is 11.4 Å². The van der Waals surface area contributed by atoms with Crippen LogP contribution in [0.25, 0.3) is 16.6 Å². The number of nitrogens with zero attached hydrogens (tertiary/aromatic N) is 3. The van der Waals surface area contributed by atoms with Gasteiger partial charge in [-0.2, -0.15) is 0 Å². The summed E-state index contributed by atoms with van der Waals surface area (Å²) in [6.07, 6.45) is 7.09. The Morgan fingerprint density at radius 1 is 1.21 bits per heavy atom. The van der Waals surface area contributed by atoms with E-state index in [0.717, 1.165) is 28.8 Å². The van der Waals surface area contributed by atoms with Crippen molar-refractivity contribution >= 4 is 33.9 Å². The van der Waals surface area contributed by atoms with Gasteiger partial charge in [0.25, 0.3) is 0 Å². The molecule has 120 valence electrons. The van der Waals surface area contributed by atoms with Crippen molar-refractivity contribution in [2.45, 2.75) is 6.92 Å². The molecular formula is C18H17ClN5+. The lowest BCUT2D eigenvalue weighted by atomic mass is 9.98. The van der Waals surface area contributed by atoms with E-state index in [1.165, 1.54) is 0 Å². The average Bonchev–Trinajstić information content (AvgIpc) is 2.62. The number of nitrogens with two attached hydrogens (primary N) is 1. The summed E-state index contributed by atoms with van der Waals surface area (Å²) in [5.74, 6) is 0. The largest absolute Gasteiger partial charge is 0.320 e. The van der Waals surface area contributed by atoms with Crippen molar-refractivity contribution in [3.63, 3.8) is 0 Å². The number of nitrogens with one attached hydrogen (secondary N) is 1. The molecule has 0 aliphatic rings. The van der Waals surface area contributed by atoms with E-state index in [2.05, 4.69) is 21.9 Å². The summed E-state index contributed by atoms with van der Waals surface area (Å²) in [4.78, 5) is 12.9.